The molecule has 0 aromatic carbocycles. The second kappa shape index (κ2) is 46.5. The van der Waals surface area contributed by atoms with E-state index in [1.54, 1.807) is 74.4 Å². The third kappa shape index (κ3) is 32.1. The Balaban J connectivity index is 0. The predicted octanol–water partition coefficient (Wildman–Crippen LogP) is -0.225. The topological polar surface area (TPSA) is 352 Å². The van der Waals surface area contributed by atoms with Crippen LogP contribution in [0.2, 0.25) is 0 Å². The summed E-state index contributed by atoms with van der Waals surface area (Å²) >= 11 is 0. The molecule has 0 atom stereocenters. The molecule has 0 saturated carbocycles. The number of aromatic nitrogens is 14. The smallest absolute Gasteiger partial charge is 1.00 e. The molecule has 0 saturated heterocycles. The van der Waals surface area contributed by atoms with Crippen LogP contribution in [0, 0.1) is 0 Å². The van der Waals surface area contributed by atoms with E-state index in [2.05, 4.69) is 69.8 Å². The first-order valence-electron chi connectivity index (χ1n) is 26.5. The zero-order valence-corrected chi connectivity index (χ0v) is 61.5. The van der Waals surface area contributed by atoms with Gasteiger partial charge in [-0.25, -0.2) is 35.2 Å². The van der Waals surface area contributed by atoms with Crippen LogP contribution in [0.3, 0.4) is 0 Å². The summed E-state index contributed by atoms with van der Waals surface area (Å²) < 4.78 is 177. The Hall–Kier alpha value is -8.21. The summed E-state index contributed by atoms with van der Waals surface area (Å²) in [5, 5.41) is 0. The summed E-state index contributed by atoms with van der Waals surface area (Å²) in [6.45, 7) is 0. The van der Waals surface area contributed by atoms with Gasteiger partial charge in [0, 0.05) is 74.4 Å². The first kappa shape index (κ1) is 96.8. The molecule has 0 amide bonds. The van der Waals surface area contributed by atoms with Crippen molar-refractivity contribution in [2.45, 2.75) is 16.5 Å². The van der Waals surface area contributed by atoms with Crippen LogP contribution in [0.1, 0.15) is 0 Å². The molecule has 0 fully saturated rings. The molecule has 103 heavy (non-hydrogen) atoms. The van der Waals surface area contributed by atoms with E-state index in [0.29, 0.717) is 0 Å². The van der Waals surface area contributed by atoms with Crippen molar-refractivity contribution < 1.29 is 186 Å². The molecule has 12 aromatic heterocycles. The van der Waals surface area contributed by atoms with Gasteiger partial charge >= 0.3 is 75.0 Å². The van der Waals surface area contributed by atoms with Gasteiger partial charge in [0.25, 0.3) is 0 Å². The van der Waals surface area contributed by atoms with Crippen LogP contribution in [-0.2, 0) is 88.8 Å². The molecule has 544 valence electrons. The van der Waals surface area contributed by atoms with E-state index in [9.17, 15) is 39.5 Å². The monoisotopic (exact) mass is 1830 g/mol. The van der Waals surface area contributed by atoms with Crippen LogP contribution in [-0.4, -0.2) is 125 Å². The van der Waals surface area contributed by atoms with Gasteiger partial charge in [0.1, 0.15) is 22.8 Å². The van der Waals surface area contributed by atoms with Crippen LogP contribution in [0.5, 0.6) is 0 Å². The van der Waals surface area contributed by atoms with Crippen LogP contribution in [0.15, 0.2) is 256 Å². The number of nitrogens with zero attached hydrogens (tertiary/aromatic N) is 14. The Morgan fingerprint density at radius 2 is 0.359 bits per heavy atom. The molecule has 12 rings (SSSR count). The SMILES string of the molecule is O=S(=O)([O-])C(F)(F)F.O=S(=O)([O-])C(F)(F)F.O=S(=O)([O-])C(F)(F)F.[Cl-].[Cl-].[Cl-].[Cl-].[Rh+3].[Ru+2].[Ru+2].c1ccc(-c2cccc(-c3ccccn3)n2)nc1.c1ccc(-c2cccc(-c3ccccn3)n2)nc1.c1ccc(-c2nccnc2-c2ccccn2)nc1.c1ccc(-c2nccnc2-c2ccccn2)nc1. The quantitative estimate of drug-likeness (QED) is 0.0821. The summed E-state index contributed by atoms with van der Waals surface area (Å²) in [5.74, 6) is 0. The summed E-state index contributed by atoms with van der Waals surface area (Å²) in [6.07, 6.45) is 20.7. The Kier molecular flexibility index (Phi) is 43.7. The fraction of sp³-hybridized carbons (Fsp3) is 0.0492. The Bertz CT molecular complexity index is 4180. The van der Waals surface area contributed by atoms with E-state index in [1.807, 2.05) is 182 Å². The summed E-state index contributed by atoms with van der Waals surface area (Å²) in [5.41, 5.74) is -3.84. The molecule has 0 radical (unpaired) electrons. The van der Waals surface area contributed by atoms with Crippen LogP contribution >= 0.6 is 0 Å². The molecule has 0 aliphatic heterocycles. The summed E-state index contributed by atoms with van der Waals surface area (Å²) in [7, 11) is -18.3. The van der Waals surface area contributed by atoms with Crippen molar-refractivity contribution in [2.75, 3.05) is 0 Å². The minimum Gasteiger partial charge on any atom is -1.00 e. The van der Waals surface area contributed by atoms with Gasteiger partial charge in [-0.15, -0.1) is 0 Å². The van der Waals surface area contributed by atoms with Gasteiger partial charge in [-0.3, -0.25) is 59.8 Å². The zero-order valence-electron chi connectivity index (χ0n) is 50.9. The molecule has 0 aliphatic carbocycles. The van der Waals surface area contributed by atoms with Crippen LogP contribution in [0.4, 0.5) is 39.5 Å². The second-order valence-corrected chi connectivity index (χ2v) is 21.9. The summed E-state index contributed by atoms with van der Waals surface area (Å²) in [4.78, 5) is 61.0. The van der Waals surface area contributed by atoms with Gasteiger partial charge in [0.15, 0.2) is 30.4 Å². The van der Waals surface area contributed by atoms with E-state index in [4.69, 9.17) is 38.9 Å². The fourth-order valence-corrected chi connectivity index (χ4v) is 6.93. The van der Waals surface area contributed by atoms with Crippen molar-refractivity contribution >= 4 is 30.4 Å². The molecule has 0 spiro atoms. The zero-order chi connectivity index (χ0) is 69.8. The van der Waals surface area contributed by atoms with Crippen molar-refractivity contribution in [2.24, 2.45) is 0 Å². The maximum absolute atomic E-state index is 10.7. The molecule has 23 nitrogen and oxygen atoms in total. The van der Waals surface area contributed by atoms with Crippen molar-refractivity contribution in [1.29, 1.82) is 0 Å². The van der Waals surface area contributed by atoms with Gasteiger partial charge in [0.2, 0.25) is 0 Å². The molecule has 0 aliphatic rings. The maximum atomic E-state index is 10.7. The van der Waals surface area contributed by atoms with Crippen LogP contribution in [0.25, 0.3) is 91.1 Å². The molecular formula is C61H42Cl4F9N14O9RhRu2S3. The van der Waals surface area contributed by atoms with E-state index >= 15 is 0 Å². The fourth-order valence-electron chi connectivity index (χ4n) is 6.93. The minimum absolute atomic E-state index is 0. The Morgan fingerprint density at radius 3 is 0.485 bits per heavy atom. The van der Waals surface area contributed by atoms with E-state index in [0.717, 1.165) is 91.1 Å². The van der Waals surface area contributed by atoms with Crippen molar-refractivity contribution in [3.63, 3.8) is 0 Å². The number of alkyl halides is 9. The molecular weight excluding hydrogens is 1790 g/mol. The average Bonchev–Trinajstić information content (AvgIpc) is 0.833. The van der Waals surface area contributed by atoms with Gasteiger partial charge in [0.05, 0.1) is 68.3 Å². The third-order valence-electron chi connectivity index (χ3n) is 11.1. The van der Waals surface area contributed by atoms with Gasteiger partial charge < -0.3 is 63.3 Å². The Labute approximate surface area is 645 Å². The second-order valence-electron chi connectivity index (χ2n) is 17.7. The first-order chi connectivity index (χ1) is 45.5. The van der Waals surface area contributed by atoms with Gasteiger partial charge in [-0.2, -0.15) is 39.5 Å². The van der Waals surface area contributed by atoms with Gasteiger partial charge in [-0.05, 0) is 121 Å². The molecule has 0 N–H and O–H groups in total. The number of rotatable bonds is 8. The minimum atomic E-state index is -6.09. The molecule has 12 heterocycles. The number of hydrogen-bond donors (Lipinski definition) is 0. The first-order valence-corrected chi connectivity index (χ1v) is 30.7. The number of hydrogen-bond acceptors (Lipinski definition) is 23. The Morgan fingerprint density at radius 1 is 0.223 bits per heavy atom. The summed E-state index contributed by atoms with van der Waals surface area (Å²) in [6, 6.07) is 57.8. The van der Waals surface area contributed by atoms with Crippen LogP contribution < -0.4 is 49.6 Å². The van der Waals surface area contributed by atoms with Crippen molar-refractivity contribution in [1.82, 2.24) is 69.8 Å². The van der Waals surface area contributed by atoms with E-state index < -0.39 is 46.9 Å². The average molecular weight is 1830 g/mol. The molecule has 0 bridgehead atoms. The van der Waals surface area contributed by atoms with Crippen molar-refractivity contribution in [3.8, 4) is 91.1 Å². The van der Waals surface area contributed by atoms with E-state index in [-0.39, 0.29) is 108 Å². The largest absolute Gasteiger partial charge is 3.00 e. The number of halogens is 13. The van der Waals surface area contributed by atoms with Crippen molar-refractivity contribution in [3.05, 3.63) is 256 Å². The van der Waals surface area contributed by atoms with E-state index in [1.165, 1.54) is 0 Å². The predicted molar refractivity (Wildman–Crippen MR) is 326 cm³/mol. The molecule has 12 aromatic rings. The number of pyridine rings is 10. The molecule has 0 unspecified atom stereocenters. The third-order valence-corrected chi connectivity index (χ3v) is 12.8. The normalized spacial score (nSPS) is 10.4. The maximum Gasteiger partial charge on any atom is 3.00 e. The molecule has 42 heteroatoms. The van der Waals surface area contributed by atoms with Gasteiger partial charge in [-0.1, -0.05) is 60.7 Å². The standard InChI is InChI=1S/2C15H11N3.2C14H10N4.3CHF3O3S.4ClH.Rh.2Ru/c2*1-3-10-16-12(6-1)14-8-5-9-15(18-14)13-7-2-4-11-17-13;2*1-3-7-15-11(5-1)13-14(18-10-9-17-13)12-6-2-4-8-16-12;3*2-1(3,4)8(5,6)7;;;;;;;/h2*1-11H;2*1-10H;3*(H,5,6,7);4*1H;;;/q;;;;;;;;;;;+3;2*+2/p-7.